The molecule has 0 bridgehead atoms. The van der Waals surface area contributed by atoms with Crippen molar-refractivity contribution in [3.05, 3.63) is 96.7 Å². The number of nitrogens with zero attached hydrogens (tertiary/aromatic N) is 6. The molecule has 1 fully saturated rings. The number of rotatable bonds is 19. The van der Waals surface area contributed by atoms with Gasteiger partial charge in [-0.3, -0.25) is 24.6 Å². The molecule has 16 nitrogen and oxygen atoms in total. The lowest BCUT2D eigenvalue weighted by atomic mass is 10.0. The molecular weight excluding hydrogens is 851 g/mol. The fraction of sp³-hybridized carbons (Fsp3) is 0.450. The van der Waals surface area contributed by atoms with E-state index in [9.17, 15) is 29.1 Å². The van der Waals surface area contributed by atoms with Crippen molar-refractivity contribution in [3.8, 4) is 11.5 Å². The largest absolute Gasteiger partial charge is 0.616 e. The standard InChI is InChI=1S/C22H19N7O6S3.C18H28O3S/c1-27-22(24-25-26-27)38-15-11-37-20-17(23-16(30)9-14-3-2-8-36-14)19(31)28(20)18(15)21(32)35-10-12-4-6-13(7-5-12)29(33)34;1-3-4-5-6-7-8-11-22(19)15(2)12-16-9-10-17-18(13-16)21-14-20-17/h2-8,17,20H,9-11H2,1H3,(H,23,30);9-10,13,15H,3-8,11-12,14H2,1-2H3/t17?,20-;/m1./s1. The molecule has 0 saturated carbocycles. The van der Waals surface area contributed by atoms with Gasteiger partial charge < -0.3 is 24.1 Å². The molecule has 3 aliphatic rings. The number of esters is 1. The molecular formula is C40H47N7O9S4. The highest BCUT2D eigenvalue weighted by atomic mass is 32.2. The normalized spacial score (nSPS) is 17.5. The van der Waals surface area contributed by atoms with Crippen molar-refractivity contribution in [1.29, 1.82) is 0 Å². The number of aromatic nitrogens is 4. The topological polar surface area (TPSA) is 204 Å². The van der Waals surface area contributed by atoms with Gasteiger partial charge in [-0.05, 0) is 88.8 Å². The second-order valence-electron chi connectivity index (χ2n) is 14.2. The number of thiophene rings is 1. The van der Waals surface area contributed by atoms with Crippen LogP contribution in [0.5, 0.6) is 11.5 Å². The average molecular weight is 898 g/mol. The first kappa shape index (κ1) is 44.9. The maximum absolute atomic E-state index is 13.3. The Bertz CT molecular complexity index is 2130. The van der Waals surface area contributed by atoms with Crippen molar-refractivity contribution >= 4 is 69.5 Å². The van der Waals surface area contributed by atoms with E-state index in [-0.39, 0.29) is 35.6 Å². The van der Waals surface area contributed by atoms with E-state index in [0.29, 0.717) is 28.2 Å². The van der Waals surface area contributed by atoms with Crippen LogP contribution in [-0.2, 0) is 56.8 Å². The van der Waals surface area contributed by atoms with E-state index in [1.807, 2.05) is 35.7 Å². The average Bonchev–Trinajstić information content (AvgIpc) is 4.03. The number of tetrazole rings is 1. The van der Waals surface area contributed by atoms with Crippen LogP contribution < -0.4 is 14.8 Å². The minimum Gasteiger partial charge on any atom is -0.616 e. The number of ether oxygens (including phenoxy) is 3. The van der Waals surface area contributed by atoms with Crippen molar-refractivity contribution in [2.24, 2.45) is 7.05 Å². The maximum atomic E-state index is 13.3. The molecule has 2 amide bonds. The molecule has 3 aliphatic heterocycles. The number of hydrogen-bond acceptors (Lipinski definition) is 15. The van der Waals surface area contributed by atoms with Crippen molar-refractivity contribution in [3.63, 3.8) is 0 Å². The van der Waals surface area contributed by atoms with Crippen LogP contribution in [0.25, 0.3) is 0 Å². The second-order valence-corrected chi connectivity index (χ2v) is 19.4. The van der Waals surface area contributed by atoms with Gasteiger partial charge in [0.25, 0.3) is 11.6 Å². The highest BCUT2D eigenvalue weighted by Gasteiger charge is 2.54. The molecule has 0 aliphatic carbocycles. The van der Waals surface area contributed by atoms with Gasteiger partial charge >= 0.3 is 5.97 Å². The Morgan fingerprint density at radius 2 is 1.83 bits per heavy atom. The molecule has 2 aromatic heterocycles. The zero-order chi connectivity index (χ0) is 42.6. The molecule has 1 N–H and O–H groups in total. The minimum atomic E-state index is -0.770. The predicted molar refractivity (Wildman–Crippen MR) is 230 cm³/mol. The lowest BCUT2D eigenvalue weighted by Crippen LogP contribution is -2.70. The quantitative estimate of drug-likeness (QED) is 0.0273. The molecule has 0 radical (unpaired) electrons. The summed E-state index contributed by atoms with van der Waals surface area (Å²) in [4.78, 5) is 52.1. The maximum Gasteiger partial charge on any atom is 0.356 e. The van der Waals surface area contributed by atoms with E-state index in [2.05, 4.69) is 34.7 Å². The predicted octanol–water partition coefficient (Wildman–Crippen LogP) is 6.33. The number of unbranched alkanes of at least 4 members (excludes halogenated alkanes) is 5. The minimum absolute atomic E-state index is 0.0671. The van der Waals surface area contributed by atoms with Crippen LogP contribution in [0.4, 0.5) is 5.69 Å². The Morgan fingerprint density at radius 3 is 2.55 bits per heavy atom. The van der Waals surface area contributed by atoms with Gasteiger partial charge in [-0.1, -0.05) is 55.9 Å². The monoisotopic (exact) mass is 897 g/mol. The van der Waals surface area contributed by atoms with E-state index in [1.165, 1.54) is 94.6 Å². The van der Waals surface area contributed by atoms with Gasteiger partial charge in [-0.2, -0.15) is 0 Å². The number of amides is 2. The fourth-order valence-corrected chi connectivity index (χ4v) is 10.9. The van der Waals surface area contributed by atoms with Crippen molar-refractivity contribution in [2.75, 3.05) is 18.3 Å². The summed E-state index contributed by atoms with van der Waals surface area (Å²) in [6, 6.07) is 14.6. The van der Waals surface area contributed by atoms with E-state index < -0.39 is 39.4 Å². The Labute approximate surface area is 363 Å². The summed E-state index contributed by atoms with van der Waals surface area (Å²) in [6.45, 7) is 4.47. The van der Waals surface area contributed by atoms with Gasteiger partial charge in [0.1, 0.15) is 34.7 Å². The summed E-state index contributed by atoms with van der Waals surface area (Å²) in [5.41, 5.74) is 1.71. The van der Waals surface area contributed by atoms with Gasteiger partial charge in [-0.15, -0.1) is 28.2 Å². The lowest BCUT2D eigenvalue weighted by Gasteiger charge is -2.49. The molecule has 20 heteroatoms. The number of benzene rings is 2. The van der Waals surface area contributed by atoms with Gasteiger partial charge in [0.05, 0.1) is 11.3 Å². The second kappa shape index (κ2) is 21.8. The highest BCUT2D eigenvalue weighted by Crippen LogP contribution is 2.45. The number of hydrogen-bond donors (Lipinski definition) is 1. The molecule has 5 heterocycles. The summed E-state index contributed by atoms with van der Waals surface area (Å²) >= 11 is 3.28. The number of thioether (sulfide) groups is 2. The Kier molecular flexibility index (Phi) is 16.3. The number of fused-ring (bicyclic) bond motifs is 2. The molecule has 7 rings (SSSR count). The number of nitro groups is 1. The first-order chi connectivity index (χ1) is 29.0. The molecule has 2 aromatic carbocycles. The summed E-state index contributed by atoms with van der Waals surface area (Å²) in [5, 5.41) is 27.0. The Hall–Kier alpha value is -4.63. The van der Waals surface area contributed by atoms with Crippen molar-refractivity contribution in [2.45, 2.75) is 93.6 Å². The van der Waals surface area contributed by atoms with Crippen molar-refractivity contribution < 1.29 is 38.1 Å². The summed E-state index contributed by atoms with van der Waals surface area (Å²) < 4.78 is 30.0. The van der Waals surface area contributed by atoms with Crippen molar-refractivity contribution in [1.82, 2.24) is 30.4 Å². The number of carbonyl (C=O) groups is 3. The smallest absolute Gasteiger partial charge is 0.356 e. The zero-order valence-electron chi connectivity index (χ0n) is 33.5. The number of non-ortho nitro benzene ring substituents is 1. The van der Waals surface area contributed by atoms with Crippen LogP contribution in [0.15, 0.2) is 75.7 Å². The van der Waals surface area contributed by atoms with Crippen LogP contribution in [-0.4, -0.2) is 87.3 Å². The zero-order valence-corrected chi connectivity index (χ0v) is 36.7. The van der Waals surface area contributed by atoms with Crippen LogP contribution in [0.2, 0.25) is 0 Å². The number of β-lactam (4-membered cyclic amide) rings is 1. The lowest BCUT2D eigenvalue weighted by molar-refractivity contribution is -0.384. The summed E-state index contributed by atoms with van der Waals surface area (Å²) in [6.07, 6.45) is 8.49. The molecule has 1 saturated heterocycles. The molecule has 4 atom stereocenters. The van der Waals surface area contributed by atoms with E-state index in [4.69, 9.17) is 14.2 Å². The molecule has 320 valence electrons. The molecule has 60 heavy (non-hydrogen) atoms. The number of carbonyl (C=O) groups excluding carboxylic acids is 3. The van der Waals surface area contributed by atoms with Gasteiger partial charge in [0.15, 0.2) is 11.5 Å². The Morgan fingerprint density at radius 1 is 1.08 bits per heavy atom. The fourth-order valence-electron chi connectivity index (χ4n) is 6.52. The number of aryl methyl sites for hydroxylation is 1. The third kappa shape index (κ3) is 11.8. The van der Waals surface area contributed by atoms with Gasteiger partial charge in [0.2, 0.25) is 17.9 Å². The van der Waals surface area contributed by atoms with Gasteiger partial charge in [0, 0.05) is 41.1 Å². The summed E-state index contributed by atoms with van der Waals surface area (Å²) in [5.74, 6) is 1.39. The number of nitrogens with one attached hydrogen (secondary N) is 1. The van der Waals surface area contributed by atoms with Crippen LogP contribution in [0, 0.1) is 10.1 Å². The Balaban J connectivity index is 0.000000233. The third-order valence-corrected chi connectivity index (χ3v) is 15.0. The first-order valence-corrected chi connectivity index (χ1v) is 23.7. The van der Waals surface area contributed by atoms with E-state index in [0.717, 1.165) is 46.7 Å². The SMILES string of the molecule is CCCCCCCC[S+]([O-])C(C)Cc1ccc2c(c1)OCO2.Cn1nnnc1SC1=C(C(=O)OCc2ccc([N+](=O)[O-])cc2)N2C(=O)C(NC(=O)Cc3cccs3)[C@H]2SC1. The summed E-state index contributed by atoms with van der Waals surface area (Å²) in [7, 11) is 1.65. The van der Waals surface area contributed by atoms with E-state index >= 15 is 0 Å². The number of nitro benzene ring substituents is 1. The van der Waals surface area contributed by atoms with Crippen LogP contribution in [0.1, 0.15) is 68.4 Å². The van der Waals surface area contributed by atoms with E-state index in [1.54, 1.807) is 7.05 Å². The van der Waals surface area contributed by atoms with Crippen LogP contribution >= 0.6 is 34.9 Å². The van der Waals surface area contributed by atoms with Crippen LogP contribution in [0.3, 0.4) is 0 Å². The van der Waals surface area contributed by atoms with Gasteiger partial charge in [-0.25, -0.2) is 9.48 Å². The molecule has 4 aromatic rings. The highest BCUT2D eigenvalue weighted by molar-refractivity contribution is 8.06. The third-order valence-electron chi connectivity index (χ3n) is 9.78. The molecule has 3 unspecified atom stereocenters. The molecule has 0 spiro atoms. The first-order valence-electron chi connectivity index (χ1n) is 19.6.